The molecule has 0 saturated carbocycles. The fourth-order valence-corrected chi connectivity index (χ4v) is 0.994. The van der Waals surface area contributed by atoms with Crippen molar-refractivity contribution in [2.45, 2.75) is 6.92 Å². The number of aryl methyl sites for hydroxylation is 1. The van der Waals surface area contributed by atoms with E-state index >= 15 is 0 Å². The molecule has 54 valence electrons. The largest absolute Gasteiger partial charge is 0.490 e. The van der Waals surface area contributed by atoms with Gasteiger partial charge in [-0.1, -0.05) is 21.4 Å². The molecule has 10 heavy (non-hydrogen) atoms. The van der Waals surface area contributed by atoms with E-state index in [-0.39, 0.29) is 0 Å². The minimum atomic E-state index is 0.656. The Morgan fingerprint density at radius 2 is 2.30 bits per heavy atom. The summed E-state index contributed by atoms with van der Waals surface area (Å²) >= 11 is 0. The van der Waals surface area contributed by atoms with Crippen LogP contribution in [0.15, 0.2) is 24.3 Å². The molecule has 0 amide bonds. The molecule has 2 heteroatoms. The van der Waals surface area contributed by atoms with E-state index < -0.39 is 0 Å². The molecule has 0 N–H and O–H groups in total. The summed E-state index contributed by atoms with van der Waals surface area (Å²) in [4.78, 5) is 0. The molecule has 1 aromatic carbocycles. The van der Waals surface area contributed by atoms with E-state index in [0.29, 0.717) is 6.35 Å². The third kappa shape index (κ3) is 2.00. The van der Waals surface area contributed by atoms with Crippen LogP contribution >= 0.6 is 9.24 Å². The zero-order valence-electron chi connectivity index (χ0n) is 6.00. The van der Waals surface area contributed by atoms with Crippen molar-refractivity contribution in [3.05, 3.63) is 29.8 Å². The Hall–Kier alpha value is -0.550. The van der Waals surface area contributed by atoms with Crippen LogP contribution in [0.3, 0.4) is 0 Å². The molecule has 0 saturated heterocycles. The maximum atomic E-state index is 5.25. The van der Waals surface area contributed by atoms with E-state index in [0.717, 1.165) is 5.75 Å². The Balaban J connectivity index is 2.75. The lowest BCUT2D eigenvalue weighted by Crippen LogP contribution is -1.87. The van der Waals surface area contributed by atoms with E-state index in [2.05, 4.69) is 22.2 Å². The molecular formula is C8H11OP. The standard InChI is InChI=1S/C8H11OP/c1-7-3-2-4-8(5-7)9-6-10/h2-5H,6,10H2,1H3. The van der Waals surface area contributed by atoms with Crippen molar-refractivity contribution in [3.63, 3.8) is 0 Å². The maximum Gasteiger partial charge on any atom is 0.120 e. The molecule has 1 rings (SSSR count). The summed E-state index contributed by atoms with van der Waals surface area (Å²) in [6.07, 6.45) is 0.656. The summed E-state index contributed by atoms with van der Waals surface area (Å²) in [5, 5.41) is 0. The van der Waals surface area contributed by atoms with Crippen molar-refractivity contribution in [2.24, 2.45) is 0 Å². The minimum absolute atomic E-state index is 0.656. The average Bonchev–Trinajstić information content (AvgIpc) is 1.88. The second-order valence-corrected chi connectivity index (χ2v) is 2.46. The molecular weight excluding hydrogens is 143 g/mol. The molecule has 0 heterocycles. The molecule has 1 aromatic rings. The quantitative estimate of drug-likeness (QED) is 0.593. The molecule has 0 aliphatic heterocycles. The molecule has 1 nitrogen and oxygen atoms in total. The summed E-state index contributed by atoms with van der Waals surface area (Å²) < 4.78 is 5.25. The van der Waals surface area contributed by atoms with E-state index in [4.69, 9.17) is 4.74 Å². The molecule has 1 unspecified atom stereocenters. The molecule has 0 bridgehead atoms. The Labute approximate surface area is 63.6 Å². The van der Waals surface area contributed by atoms with Crippen LogP contribution < -0.4 is 4.74 Å². The summed E-state index contributed by atoms with van der Waals surface area (Å²) in [7, 11) is 2.52. The predicted molar refractivity (Wildman–Crippen MR) is 46.4 cm³/mol. The summed E-state index contributed by atoms with van der Waals surface area (Å²) in [6, 6.07) is 8.02. The first kappa shape index (κ1) is 7.56. The zero-order chi connectivity index (χ0) is 7.40. The third-order valence-corrected chi connectivity index (χ3v) is 1.41. The van der Waals surface area contributed by atoms with Crippen LogP contribution in [0, 0.1) is 6.92 Å². The summed E-state index contributed by atoms with van der Waals surface area (Å²) in [5.74, 6) is 0.940. The third-order valence-electron chi connectivity index (χ3n) is 1.24. The van der Waals surface area contributed by atoms with Crippen molar-refractivity contribution in [2.75, 3.05) is 6.35 Å². The van der Waals surface area contributed by atoms with Crippen LogP contribution in [-0.4, -0.2) is 6.35 Å². The Morgan fingerprint density at radius 1 is 1.50 bits per heavy atom. The van der Waals surface area contributed by atoms with Gasteiger partial charge in [0, 0.05) is 0 Å². The molecule has 0 fully saturated rings. The fourth-order valence-electron chi connectivity index (χ4n) is 0.801. The number of hydrogen-bond acceptors (Lipinski definition) is 1. The highest BCUT2D eigenvalue weighted by Gasteiger charge is 1.89. The minimum Gasteiger partial charge on any atom is -0.490 e. The van der Waals surface area contributed by atoms with Crippen molar-refractivity contribution in [1.82, 2.24) is 0 Å². The van der Waals surface area contributed by atoms with Gasteiger partial charge in [0.2, 0.25) is 0 Å². The first-order valence-electron chi connectivity index (χ1n) is 3.22. The normalized spacial score (nSPS) is 9.40. The van der Waals surface area contributed by atoms with Gasteiger partial charge in [0.1, 0.15) is 12.1 Å². The van der Waals surface area contributed by atoms with Crippen molar-refractivity contribution < 1.29 is 4.74 Å². The van der Waals surface area contributed by atoms with Gasteiger partial charge in [-0.2, -0.15) is 0 Å². The van der Waals surface area contributed by atoms with Gasteiger partial charge < -0.3 is 4.74 Å². The van der Waals surface area contributed by atoms with E-state index in [1.165, 1.54) is 5.56 Å². The summed E-state index contributed by atoms with van der Waals surface area (Å²) in [6.45, 7) is 2.05. The number of hydrogen-bond donors (Lipinski definition) is 0. The summed E-state index contributed by atoms with van der Waals surface area (Å²) in [5.41, 5.74) is 1.23. The molecule has 0 spiro atoms. The zero-order valence-corrected chi connectivity index (χ0v) is 7.16. The Morgan fingerprint density at radius 3 is 2.90 bits per heavy atom. The highest BCUT2D eigenvalue weighted by molar-refractivity contribution is 7.16. The van der Waals surface area contributed by atoms with Gasteiger partial charge in [0.05, 0.1) is 0 Å². The van der Waals surface area contributed by atoms with Crippen LogP contribution in [0.5, 0.6) is 5.75 Å². The Kier molecular flexibility index (Phi) is 2.70. The van der Waals surface area contributed by atoms with Crippen molar-refractivity contribution in [1.29, 1.82) is 0 Å². The highest BCUT2D eigenvalue weighted by atomic mass is 31.0. The van der Waals surface area contributed by atoms with E-state index in [1.807, 2.05) is 18.2 Å². The van der Waals surface area contributed by atoms with Crippen LogP contribution in [0.4, 0.5) is 0 Å². The van der Waals surface area contributed by atoms with Gasteiger partial charge in [-0.3, -0.25) is 0 Å². The van der Waals surface area contributed by atoms with E-state index in [9.17, 15) is 0 Å². The SMILES string of the molecule is Cc1cccc(OCP)c1. The van der Waals surface area contributed by atoms with Crippen LogP contribution in [0.25, 0.3) is 0 Å². The van der Waals surface area contributed by atoms with Gasteiger partial charge in [-0.15, -0.1) is 0 Å². The van der Waals surface area contributed by atoms with Crippen molar-refractivity contribution in [3.8, 4) is 5.75 Å². The van der Waals surface area contributed by atoms with E-state index in [1.54, 1.807) is 0 Å². The number of benzene rings is 1. The van der Waals surface area contributed by atoms with Crippen LogP contribution in [0.2, 0.25) is 0 Å². The highest BCUT2D eigenvalue weighted by Crippen LogP contribution is 2.12. The molecule has 1 atom stereocenters. The molecule has 0 aliphatic carbocycles. The first-order chi connectivity index (χ1) is 4.83. The molecule has 0 aliphatic rings. The monoisotopic (exact) mass is 154 g/mol. The number of rotatable bonds is 2. The van der Waals surface area contributed by atoms with Crippen LogP contribution in [0.1, 0.15) is 5.56 Å². The second-order valence-electron chi connectivity index (χ2n) is 2.13. The predicted octanol–water partition coefficient (Wildman–Crippen LogP) is 2.21. The Bertz CT molecular complexity index is 210. The fraction of sp³-hybridized carbons (Fsp3) is 0.250. The lowest BCUT2D eigenvalue weighted by Gasteiger charge is -2.01. The van der Waals surface area contributed by atoms with Gasteiger partial charge in [-0.05, 0) is 24.6 Å². The average molecular weight is 154 g/mol. The molecule has 0 aromatic heterocycles. The van der Waals surface area contributed by atoms with Gasteiger partial charge in [0.25, 0.3) is 0 Å². The van der Waals surface area contributed by atoms with Crippen LogP contribution in [-0.2, 0) is 0 Å². The lowest BCUT2D eigenvalue weighted by atomic mass is 10.2. The molecule has 0 radical (unpaired) electrons. The lowest BCUT2D eigenvalue weighted by molar-refractivity contribution is 0.392. The number of ether oxygens (including phenoxy) is 1. The second kappa shape index (κ2) is 3.58. The maximum absolute atomic E-state index is 5.25. The smallest absolute Gasteiger partial charge is 0.120 e. The topological polar surface area (TPSA) is 9.23 Å². The first-order valence-corrected chi connectivity index (χ1v) is 4.04. The van der Waals surface area contributed by atoms with Gasteiger partial charge in [-0.25, -0.2) is 0 Å². The van der Waals surface area contributed by atoms with Gasteiger partial charge in [0.15, 0.2) is 0 Å². The van der Waals surface area contributed by atoms with Gasteiger partial charge >= 0.3 is 0 Å². The van der Waals surface area contributed by atoms with Crippen molar-refractivity contribution >= 4 is 9.24 Å².